The third kappa shape index (κ3) is 5.20. The van der Waals surface area contributed by atoms with Gasteiger partial charge in [-0.1, -0.05) is 0 Å². The smallest absolute Gasteiger partial charge is 0.368 e. The highest BCUT2D eigenvalue weighted by Crippen LogP contribution is 2.63. The molecule has 22 heteroatoms. The Morgan fingerprint density at radius 2 is 0.868 bits per heavy atom. The molecule has 4 nitrogen and oxygen atoms in total. The summed E-state index contributed by atoms with van der Waals surface area (Å²) in [5, 5.41) is -3.65. The number of hydrogen-bond donors (Lipinski definition) is 0. The Morgan fingerprint density at radius 1 is 0.579 bits per heavy atom. The summed E-state index contributed by atoms with van der Waals surface area (Å²) in [7, 11) is -5.96. The van der Waals surface area contributed by atoms with Gasteiger partial charge >= 0.3 is 50.3 Å². The van der Waals surface area contributed by atoms with Crippen molar-refractivity contribution in [2.45, 2.75) is 74.8 Å². The zero-order valence-electron chi connectivity index (χ0n) is 18.8. The fourth-order valence-electron chi connectivity index (χ4n) is 2.56. The van der Waals surface area contributed by atoms with Gasteiger partial charge in [0.1, 0.15) is 0 Å². The first-order chi connectivity index (χ1) is 16.7. The van der Waals surface area contributed by atoms with Crippen LogP contribution in [-0.2, 0) is 18.1 Å². The molecule has 0 fully saturated rings. The van der Waals surface area contributed by atoms with E-state index in [1.807, 2.05) is 0 Å². The summed E-state index contributed by atoms with van der Waals surface area (Å²) in [6.45, 7) is -0.189. The van der Waals surface area contributed by atoms with E-state index in [0.29, 0.717) is 0 Å². The van der Waals surface area contributed by atoms with E-state index in [-0.39, 0.29) is 0 Å². The Morgan fingerprint density at radius 3 is 1.16 bits per heavy atom. The van der Waals surface area contributed by atoms with E-state index in [4.69, 9.17) is 0 Å². The predicted molar refractivity (Wildman–Crippen MR) is 91.2 cm³/mol. The third-order valence-corrected chi connectivity index (χ3v) is 7.40. The molecule has 0 N–H and O–H groups in total. The molecule has 0 saturated heterocycles. The molecule has 38 heavy (non-hydrogen) atoms. The molecule has 0 aliphatic rings. The average molecular weight is 624 g/mol. The lowest BCUT2D eigenvalue weighted by Crippen LogP contribution is -2.76. The highest BCUT2D eigenvalue weighted by Gasteiger charge is 2.95. The molecule has 0 aromatic carbocycles. The molecule has 0 rings (SSSR count). The van der Waals surface area contributed by atoms with Gasteiger partial charge in [0.15, 0.2) is 0 Å². The van der Waals surface area contributed by atoms with Crippen molar-refractivity contribution in [2.75, 3.05) is 19.8 Å². The minimum Gasteiger partial charge on any atom is -0.368 e. The van der Waals surface area contributed by atoms with E-state index in [1.165, 1.54) is 0 Å². The van der Waals surface area contributed by atoms with Gasteiger partial charge in [0.05, 0.1) is 0 Å². The van der Waals surface area contributed by atoms with Crippen LogP contribution in [0.3, 0.4) is 0 Å². The number of rotatable bonds is 16. The van der Waals surface area contributed by atoms with Crippen molar-refractivity contribution < 1.29 is 92.7 Å². The first-order valence-electron chi connectivity index (χ1n) is 9.73. The Bertz CT molecular complexity index is 803. The minimum absolute atomic E-state index is 0.868. The molecule has 0 heterocycles. The van der Waals surface area contributed by atoms with Gasteiger partial charge in [-0.15, -0.1) is 0 Å². The number of halogens is 17. The highest BCUT2D eigenvalue weighted by atomic mass is 28.4. The summed E-state index contributed by atoms with van der Waals surface area (Å²) in [5.41, 5.74) is 0. The van der Waals surface area contributed by atoms with Crippen molar-refractivity contribution in [1.29, 1.82) is 0 Å². The Kier molecular flexibility index (Phi) is 10.8. The van der Waals surface area contributed by atoms with Crippen molar-refractivity contribution in [2.24, 2.45) is 0 Å². The molecule has 0 aromatic rings. The fraction of sp³-hybridized carbons (Fsp3) is 0.938. The summed E-state index contributed by atoms with van der Waals surface area (Å²) in [4.78, 5) is 12.1. The second kappa shape index (κ2) is 11.2. The fourth-order valence-corrected chi connectivity index (χ4v) is 4.88. The van der Waals surface area contributed by atoms with Crippen molar-refractivity contribution in [3.05, 3.63) is 0 Å². The normalized spacial score (nSPS) is 16.2. The van der Waals surface area contributed by atoms with Crippen LogP contribution in [0.5, 0.6) is 0 Å². The van der Waals surface area contributed by atoms with Gasteiger partial charge in [0.25, 0.3) is 11.8 Å². The van der Waals surface area contributed by atoms with Crippen LogP contribution < -0.4 is 0 Å². The van der Waals surface area contributed by atoms with Crippen molar-refractivity contribution in [3.63, 3.8) is 0 Å². The molecule has 0 spiro atoms. The first-order valence-corrected chi connectivity index (χ1v) is 11.5. The van der Waals surface area contributed by atoms with E-state index in [9.17, 15) is 79.4 Å². The van der Waals surface area contributed by atoms with Crippen LogP contribution in [-0.4, -0.2) is 88.1 Å². The molecule has 1 unspecified atom stereocenters. The van der Waals surface area contributed by atoms with Gasteiger partial charge in [-0.25, -0.2) is 13.2 Å². The minimum atomic E-state index is -8.70. The molecule has 0 aliphatic carbocycles. The van der Waals surface area contributed by atoms with Gasteiger partial charge in [0, 0.05) is 19.8 Å². The van der Waals surface area contributed by atoms with Gasteiger partial charge < -0.3 is 13.3 Å². The van der Waals surface area contributed by atoms with Crippen molar-refractivity contribution in [3.8, 4) is 0 Å². The second-order valence-corrected chi connectivity index (χ2v) is 9.42. The van der Waals surface area contributed by atoms with E-state index >= 15 is 0 Å². The van der Waals surface area contributed by atoms with Crippen molar-refractivity contribution >= 4 is 14.2 Å². The molecule has 0 radical (unpaired) electrons. The molecule has 0 amide bonds. The van der Waals surface area contributed by atoms with Crippen LogP contribution in [0.4, 0.5) is 74.6 Å². The number of carbonyl (C=O) groups is 1. The lowest BCUT2D eigenvalue weighted by Gasteiger charge is -2.43. The molecular weight excluding hydrogens is 607 g/mol. The van der Waals surface area contributed by atoms with Crippen molar-refractivity contribution in [1.82, 2.24) is 0 Å². The second-order valence-electron chi connectivity index (χ2n) is 6.99. The summed E-state index contributed by atoms with van der Waals surface area (Å²) < 4.78 is 244. The van der Waals surface area contributed by atoms with E-state index in [0.717, 1.165) is 20.8 Å². The van der Waals surface area contributed by atoms with E-state index < -0.39 is 88.1 Å². The Hall–Kier alpha value is -1.42. The van der Waals surface area contributed by atoms with E-state index in [1.54, 1.807) is 0 Å². The molecule has 1 atom stereocenters. The summed E-state index contributed by atoms with van der Waals surface area (Å²) in [5.74, 6) is -57.3. The molecule has 228 valence electrons. The number of hydrogen-bond acceptors (Lipinski definition) is 4. The topological polar surface area (TPSA) is 44.8 Å². The van der Waals surface area contributed by atoms with Gasteiger partial charge in [-0.05, 0) is 20.8 Å². The largest absolute Gasteiger partial charge is 0.581 e. The summed E-state index contributed by atoms with van der Waals surface area (Å²) >= 11 is 0. The molecule has 0 aromatic heterocycles. The number of carbonyl (C=O) groups excluding carboxylic acids is 1. The molecule has 0 saturated carbocycles. The maximum absolute atomic E-state index is 14.4. The van der Waals surface area contributed by atoms with E-state index in [2.05, 4.69) is 13.3 Å². The zero-order valence-corrected chi connectivity index (χ0v) is 19.8. The lowest BCUT2D eigenvalue weighted by molar-refractivity contribution is -0.442. The van der Waals surface area contributed by atoms with Gasteiger partial charge in [-0.3, -0.25) is 4.79 Å². The summed E-state index contributed by atoms with van der Waals surface area (Å²) in [6.07, 6.45) is -11.1. The molecule has 0 aliphatic heterocycles. The van der Waals surface area contributed by atoms with Crippen LogP contribution in [0.15, 0.2) is 0 Å². The van der Waals surface area contributed by atoms with Crippen LogP contribution in [0.2, 0.25) is 0 Å². The lowest BCUT2D eigenvalue weighted by atomic mass is 9.88. The summed E-state index contributed by atoms with van der Waals surface area (Å²) in [6, 6.07) is 0. The van der Waals surface area contributed by atoms with Gasteiger partial charge in [0.2, 0.25) is 6.17 Å². The van der Waals surface area contributed by atoms with Crippen LogP contribution in [0.1, 0.15) is 20.8 Å². The average Bonchev–Trinajstić information content (AvgIpc) is 2.77. The first kappa shape index (κ1) is 36.6. The highest BCUT2D eigenvalue weighted by molar-refractivity contribution is 6.93. The number of alkyl halides is 17. The maximum Gasteiger partial charge on any atom is 0.581 e. The third-order valence-electron chi connectivity index (χ3n) is 4.52. The monoisotopic (exact) mass is 624 g/mol. The Balaban J connectivity index is 7.04. The quantitative estimate of drug-likeness (QED) is 0.152. The SMILES string of the molecule is CCO[Si](OCC)(OCC)C(=O)C(F)(F)C(F)(F)C(F)(F)C(F)(F)C(F)(F)C(F)(F)C(F)(F)C(F)C(F)F. The maximum atomic E-state index is 14.4. The Labute approximate surface area is 202 Å². The standard InChI is InChI=1S/C16H17F17O4Si/c1-4-35-38(36-5-2,37-6-3)9(34)11(22,23)13(26,27)15(30,31)16(32,33)14(28,29)12(24,25)10(20,21)7(17)8(18)19/h7-8H,4-6H2,1-3H3. The van der Waals surface area contributed by atoms with Crippen LogP contribution in [0, 0.1) is 0 Å². The molecular formula is C16H17F17O4Si. The zero-order chi connectivity index (χ0) is 31.0. The van der Waals surface area contributed by atoms with Crippen LogP contribution >= 0.6 is 0 Å². The molecule has 0 bridgehead atoms. The van der Waals surface area contributed by atoms with Crippen LogP contribution in [0.25, 0.3) is 0 Å². The van der Waals surface area contributed by atoms with Gasteiger partial charge in [-0.2, -0.15) is 61.5 Å². The predicted octanol–water partition coefficient (Wildman–Crippen LogP) is 6.19.